The van der Waals surface area contributed by atoms with Crippen LogP contribution in [0.2, 0.25) is 0 Å². The molecule has 18 heavy (non-hydrogen) atoms. The molecule has 0 amide bonds. The average Bonchev–Trinajstić information content (AvgIpc) is 2.82. The van der Waals surface area contributed by atoms with E-state index in [-0.39, 0.29) is 0 Å². The van der Waals surface area contributed by atoms with E-state index in [0.717, 1.165) is 32.7 Å². The maximum Gasteiger partial charge on any atom is 0.0367 e. The van der Waals surface area contributed by atoms with Crippen molar-refractivity contribution < 1.29 is 0 Å². The fourth-order valence-electron chi connectivity index (χ4n) is 2.33. The molecular formula is C14H19N3S. The molecule has 2 aromatic rings. The summed E-state index contributed by atoms with van der Waals surface area (Å²) in [7, 11) is 2.18. The van der Waals surface area contributed by atoms with Gasteiger partial charge in [-0.2, -0.15) is 0 Å². The van der Waals surface area contributed by atoms with Crippen molar-refractivity contribution in [3.63, 3.8) is 0 Å². The van der Waals surface area contributed by atoms with Crippen LogP contribution < -0.4 is 5.43 Å². The van der Waals surface area contributed by atoms with Gasteiger partial charge in [-0.25, -0.2) is 5.01 Å². The number of thiophene rings is 1. The van der Waals surface area contributed by atoms with Gasteiger partial charge in [0.25, 0.3) is 0 Å². The molecule has 1 saturated heterocycles. The third-order valence-electron chi connectivity index (χ3n) is 3.56. The SMILES string of the molecule is CN1CCN(NCc2csc3ccccc23)CC1. The molecule has 3 rings (SSSR count). The minimum absolute atomic E-state index is 0.938. The first kappa shape index (κ1) is 12.1. The summed E-state index contributed by atoms with van der Waals surface area (Å²) in [6.45, 7) is 5.46. The van der Waals surface area contributed by atoms with Crippen molar-refractivity contribution in [1.29, 1.82) is 0 Å². The Kier molecular flexibility index (Phi) is 3.61. The largest absolute Gasteiger partial charge is 0.304 e. The Morgan fingerprint density at radius 3 is 2.78 bits per heavy atom. The standard InChI is InChI=1S/C14H19N3S/c1-16-6-8-17(9-7-16)15-10-12-11-18-14-5-3-2-4-13(12)14/h2-5,11,15H,6-10H2,1H3. The number of nitrogens with one attached hydrogen (secondary N) is 1. The minimum atomic E-state index is 0.938. The summed E-state index contributed by atoms with van der Waals surface area (Å²) in [5, 5.41) is 6.00. The second-order valence-electron chi connectivity index (χ2n) is 4.88. The Bertz CT molecular complexity index is 514. The maximum atomic E-state index is 3.55. The first-order valence-corrected chi connectivity index (χ1v) is 7.33. The molecule has 1 aromatic carbocycles. The van der Waals surface area contributed by atoms with Crippen molar-refractivity contribution in [2.45, 2.75) is 6.54 Å². The van der Waals surface area contributed by atoms with Gasteiger partial charge in [-0.3, -0.25) is 5.43 Å². The first-order chi connectivity index (χ1) is 8.83. The van der Waals surface area contributed by atoms with E-state index in [2.05, 4.69) is 52.0 Å². The molecule has 1 aromatic heterocycles. The molecule has 0 atom stereocenters. The topological polar surface area (TPSA) is 18.5 Å². The number of nitrogens with zero attached hydrogens (tertiary/aromatic N) is 2. The van der Waals surface area contributed by atoms with Crippen LogP contribution in [-0.2, 0) is 6.54 Å². The fourth-order valence-corrected chi connectivity index (χ4v) is 3.29. The highest BCUT2D eigenvalue weighted by atomic mass is 32.1. The molecule has 1 fully saturated rings. The van der Waals surface area contributed by atoms with Crippen LogP contribution in [-0.4, -0.2) is 43.1 Å². The predicted molar refractivity (Wildman–Crippen MR) is 77.7 cm³/mol. The molecule has 0 unspecified atom stereocenters. The zero-order chi connectivity index (χ0) is 12.4. The molecule has 1 N–H and O–H groups in total. The Hall–Kier alpha value is -0.940. The summed E-state index contributed by atoms with van der Waals surface area (Å²) in [5.74, 6) is 0. The van der Waals surface area contributed by atoms with Crippen LogP contribution >= 0.6 is 11.3 Å². The van der Waals surface area contributed by atoms with Gasteiger partial charge in [-0.05, 0) is 29.4 Å². The molecule has 1 aliphatic heterocycles. The predicted octanol–water partition coefficient (Wildman–Crippen LogP) is 2.15. The van der Waals surface area contributed by atoms with Crippen molar-refractivity contribution in [3.05, 3.63) is 35.2 Å². The highest BCUT2D eigenvalue weighted by Gasteiger charge is 2.13. The van der Waals surface area contributed by atoms with Gasteiger partial charge < -0.3 is 4.90 Å². The molecule has 0 spiro atoms. The van der Waals surface area contributed by atoms with E-state index >= 15 is 0 Å². The maximum absolute atomic E-state index is 3.55. The Labute approximate surface area is 112 Å². The molecule has 2 heterocycles. The monoisotopic (exact) mass is 261 g/mol. The van der Waals surface area contributed by atoms with Crippen molar-refractivity contribution in [3.8, 4) is 0 Å². The summed E-state index contributed by atoms with van der Waals surface area (Å²) < 4.78 is 1.38. The van der Waals surface area contributed by atoms with E-state index in [1.807, 2.05) is 11.3 Å². The van der Waals surface area contributed by atoms with Gasteiger partial charge in [0.2, 0.25) is 0 Å². The van der Waals surface area contributed by atoms with E-state index in [4.69, 9.17) is 0 Å². The number of likely N-dealkylation sites (N-methyl/N-ethyl adjacent to an activating group) is 1. The lowest BCUT2D eigenvalue weighted by Gasteiger charge is -2.32. The van der Waals surface area contributed by atoms with E-state index in [9.17, 15) is 0 Å². The van der Waals surface area contributed by atoms with Gasteiger partial charge in [0.1, 0.15) is 0 Å². The van der Waals surface area contributed by atoms with E-state index in [0.29, 0.717) is 0 Å². The molecule has 0 radical (unpaired) electrons. The van der Waals surface area contributed by atoms with Crippen molar-refractivity contribution >= 4 is 21.4 Å². The van der Waals surface area contributed by atoms with Crippen molar-refractivity contribution in [2.75, 3.05) is 33.2 Å². The van der Waals surface area contributed by atoms with Crippen LogP contribution in [0.1, 0.15) is 5.56 Å². The summed E-state index contributed by atoms with van der Waals surface area (Å²) in [5.41, 5.74) is 4.96. The number of hydrazine groups is 1. The van der Waals surface area contributed by atoms with Crippen LogP contribution in [0.4, 0.5) is 0 Å². The molecule has 0 saturated carbocycles. The number of rotatable bonds is 3. The summed E-state index contributed by atoms with van der Waals surface area (Å²) in [6.07, 6.45) is 0. The molecule has 96 valence electrons. The molecule has 0 aliphatic carbocycles. The second kappa shape index (κ2) is 5.36. The quantitative estimate of drug-likeness (QED) is 0.913. The number of hydrogen-bond acceptors (Lipinski definition) is 4. The molecule has 0 bridgehead atoms. The summed E-state index contributed by atoms with van der Waals surface area (Å²) >= 11 is 1.83. The van der Waals surface area contributed by atoms with Crippen molar-refractivity contribution in [2.24, 2.45) is 0 Å². The summed E-state index contributed by atoms with van der Waals surface area (Å²) in [4.78, 5) is 2.37. The van der Waals surface area contributed by atoms with Crippen LogP contribution in [0.25, 0.3) is 10.1 Å². The smallest absolute Gasteiger partial charge is 0.0367 e. The number of benzene rings is 1. The minimum Gasteiger partial charge on any atom is -0.304 e. The van der Waals surface area contributed by atoms with Crippen LogP contribution in [0, 0.1) is 0 Å². The van der Waals surface area contributed by atoms with Gasteiger partial charge in [0.05, 0.1) is 0 Å². The normalized spacial score (nSPS) is 18.5. The van der Waals surface area contributed by atoms with Crippen LogP contribution in [0.5, 0.6) is 0 Å². The first-order valence-electron chi connectivity index (χ1n) is 6.45. The Balaban J connectivity index is 1.63. The third-order valence-corrected chi connectivity index (χ3v) is 4.57. The van der Waals surface area contributed by atoms with Gasteiger partial charge in [0, 0.05) is 37.4 Å². The van der Waals surface area contributed by atoms with Gasteiger partial charge in [0.15, 0.2) is 0 Å². The number of piperazine rings is 1. The number of fused-ring (bicyclic) bond motifs is 1. The molecule has 1 aliphatic rings. The third kappa shape index (κ3) is 2.57. The van der Waals surface area contributed by atoms with Gasteiger partial charge >= 0.3 is 0 Å². The fraction of sp³-hybridized carbons (Fsp3) is 0.429. The highest BCUT2D eigenvalue weighted by Crippen LogP contribution is 2.25. The average molecular weight is 261 g/mol. The van der Waals surface area contributed by atoms with Crippen molar-refractivity contribution in [1.82, 2.24) is 15.3 Å². The highest BCUT2D eigenvalue weighted by molar-refractivity contribution is 7.17. The number of hydrogen-bond donors (Lipinski definition) is 1. The summed E-state index contributed by atoms with van der Waals surface area (Å²) in [6, 6.07) is 8.64. The Morgan fingerprint density at radius 1 is 1.17 bits per heavy atom. The second-order valence-corrected chi connectivity index (χ2v) is 5.79. The molecular weight excluding hydrogens is 242 g/mol. The van der Waals surface area contributed by atoms with E-state index < -0.39 is 0 Å². The van der Waals surface area contributed by atoms with E-state index in [1.54, 1.807) is 0 Å². The van der Waals surface area contributed by atoms with Crippen LogP contribution in [0.15, 0.2) is 29.6 Å². The lowest BCUT2D eigenvalue weighted by Crippen LogP contribution is -2.50. The lowest BCUT2D eigenvalue weighted by atomic mass is 10.2. The zero-order valence-electron chi connectivity index (χ0n) is 10.7. The Morgan fingerprint density at radius 2 is 1.94 bits per heavy atom. The zero-order valence-corrected chi connectivity index (χ0v) is 11.5. The molecule has 3 nitrogen and oxygen atoms in total. The lowest BCUT2D eigenvalue weighted by molar-refractivity contribution is 0.102. The van der Waals surface area contributed by atoms with Crippen LogP contribution in [0.3, 0.4) is 0 Å². The van der Waals surface area contributed by atoms with Gasteiger partial charge in [-0.15, -0.1) is 11.3 Å². The molecule has 4 heteroatoms. The van der Waals surface area contributed by atoms with E-state index in [1.165, 1.54) is 15.6 Å². The van der Waals surface area contributed by atoms with Gasteiger partial charge in [-0.1, -0.05) is 18.2 Å².